The number of fused-ring (bicyclic) bond motifs is 1. The number of carbonyl (C=O) groups is 3. The van der Waals surface area contributed by atoms with Crippen LogP contribution in [0.2, 0.25) is 0 Å². The summed E-state index contributed by atoms with van der Waals surface area (Å²) in [7, 11) is 1.29. The number of oxazole rings is 1. The summed E-state index contributed by atoms with van der Waals surface area (Å²) in [6.07, 6.45) is 0.331. The molecule has 0 spiro atoms. The summed E-state index contributed by atoms with van der Waals surface area (Å²) >= 11 is 0. The van der Waals surface area contributed by atoms with Crippen LogP contribution in [-0.4, -0.2) is 36.5 Å². The standard InChI is InChI=1S/C20H18N2O6/c1-26-20(25)13-6-8-14(9-7-13)21-17(23)12-27-19(24)11-10-18-22-15-4-2-3-5-16(15)28-18/h2-9H,10-12H2,1H3,(H,21,23). The van der Waals surface area contributed by atoms with Crippen molar-refractivity contribution in [3.8, 4) is 0 Å². The number of nitrogens with zero attached hydrogens (tertiary/aromatic N) is 1. The van der Waals surface area contributed by atoms with Gasteiger partial charge in [0, 0.05) is 12.1 Å². The van der Waals surface area contributed by atoms with Gasteiger partial charge in [-0.1, -0.05) is 12.1 Å². The first-order chi connectivity index (χ1) is 13.5. The molecule has 28 heavy (non-hydrogen) atoms. The highest BCUT2D eigenvalue weighted by atomic mass is 16.5. The number of ether oxygens (including phenoxy) is 2. The molecule has 3 aromatic rings. The number of rotatable bonds is 7. The van der Waals surface area contributed by atoms with E-state index in [0.29, 0.717) is 22.7 Å². The summed E-state index contributed by atoms with van der Waals surface area (Å²) in [6, 6.07) is 13.5. The van der Waals surface area contributed by atoms with Crippen LogP contribution in [0, 0.1) is 0 Å². The highest BCUT2D eigenvalue weighted by molar-refractivity contribution is 5.94. The third kappa shape index (κ3) is 4.94. The molecule has 3 rings (SSSR count). The van der Waals surface area contributed by atoms with Gasteiger partial charge in [-0.05, 0) is 36.4 Å². The first kappa shape index (κ1) is 19.1. The molecule has 0 unspecified atom stereocenters. The van der Waals surface area contributed by atoms with Gasteiger partial charge in [0.25, 0.3) is 5.91 Å². The number of aryl methyl sites for hydroxylation is 1. The van der Waals surface area contributed by atoms with Gasteiger partial charge in [0.05, 0.1) is 19.1 Å². The molecule has 0 aliphatic carbocycles. The molecule has 1 heterocycles. The Kier molecular flexibility index (Phi) is 6.01. The first-order valence-electron chi connectivity index (χ1n) is 8.53. The molecule has 1 amide bonds. The van der Waals surface area contributed by atoms with E-state index in [1.807, 2.05) is 18.2 Å². The third-order valence-corrected chi connectivity index (χ3v) is 3.84. The van der Waals surface area contributed by atoms with Crippen LogP contribution in [0.15, 0.2) is 52.9 Å². The number of aromatic nitrogens is 1. The quantitative estimate of drug-likeness (QED) is 0.626. The second-order valence-electron chi connectivity index (χ2n) is 5.85. The number of methoxy groups -OCH3 is 1. The fourth-order valence-electron chi connectivity index (χ4n) is 2.46. The van der Waals surface area contributed by atoms with Gasteiger partial charge < -0.3 is 19.2 Å². The number of hydrogen-bond donors (Lipinski definition) is 1. The van der Waals surface area contributed by atoms with Crippen LogP contribution in [-0.2, 0) is 25.5 Å². The molecule has 0 atom stereocenters. The number of hydrogen-bond acceptors (Lipinski definition) is 7. The molecule has 1 aromatic heterocycles. The SMILES string of the molecule is COC(=O)c1ccc(NC(=O)COC(=O)CCc2nc3ccccc3o2)cc1. The van der Waals surface area contributed by atoms with E-state index in [0.717, 1.165) is 5.52 Å². The van der Waals surface area contributed by atoms with Crippen LogP contribution < -0.4 is 5.32 Å². The van der Waals surface area contributed by atoms with Crippen molar-refractivity contribution in [1.82, 2.24) is 4.98 Å². The molecule has 1 N–H and O–H groups in total. The van der Waals surface area contributed by atoms with E-state index in [4.69, 9.17) is 9.15 Å². The maximum absolute atomic E-state index is 11.9. The van der Waals surface area contributed by atoms with Gasteiger partial charge in [-0.2, -0.15) is 0 Å². The topological polar surface area (TPSA) is 108 Å². The van der Waals surface area contributed by atoms with Crippen molar-refractivity contribution in [2.24, 2.45) is 0 Å². The summed E-state index contributed by atoms with van der Waals surface area (Å²) < 4.78 is 15.1. The summed E-state index contributed by atoms with van der Waals surface area (Å²) in [6.45, 7) is -0.412. The second kappa shape index (κ2) is 8.81. The zero-order chi connectivity index (χ0) is 19.9. The number of amides is 1. The van der Waals surface area contributed by atoms with Gasteiger partial charge in [0.1, 0.15) is 5.52 Å². The number of carbonyl (C=O) groups excluding carboxylic acids is 3. The van der Waals surface area contributed by atoms with Crippen molar-refractivity contribution < 1.29 is 28.3 Å². The molecule has 0 radical (unpaired) electrons. The number of anilines is 1. The Bertz CT molecular complexity index is 960. The van der Waals surface area contributed by atoms with Crippen molar-refractivity contribution in [3.63, 3.8) is 0 Å². The van der Waals surface area contributed by atoms with Crippen molar-refractivity contribution in [2.75, 3.05) is 19.0 Å². The van der Waals surface area contributed by atoms with Crippen LogP contribution in [0.1, 0.15) is 22.7 Å². The fraction of sp³-hybridized carbons (Fsp3) is 0.200. The van der Waals surface area contributed by atoms with Gasteiger partial charge >= 0.3 is 11.9 Å². The second-order valence-corrected chi connectivity index (χ2v) is 5.85. The van der Waals surface area contributed by atoms with Gasteiger partial charge in [0.2, 0.25) is 0 Å². The minimum atomic E-state index is -0.529. The Labute approximate surface area is 160 Å². The summed E-state index contributed by atoms with van der Waals surface area (Å²) in [4.78, 5) is 39.3. The van der Waals surface area contributed by atoms with Crippen molar-refractivity contribution in [3.05, 3.63) is 60.0 Å². The molecule has 8 heteroatoms. The lowest BCUT2D eigenvalue weighted by Crippen LogP contribution is -2.21. The lowest BCUT2D eigenvalue weighted by molar-refractivity contribution is -0.147. The molecule has 8 nitrogen and oxygen atoms in total. The minimum absolute atomic E-state index is 0.0495. The van der Waals surface area contributed by atoms with E-state index in [9.17, 15) is 14.4 Å². The number of nitrogens with one attached hydrogen (secondary N) is 1. The summed E-state index contributed by atoms with van der Waals surface area (Å²) in [5.41, 5.74) is 2.22. The Balaban J connectivity index is 1.42. The zero-order valence-electron chi connectivity index (χ0n) is 15.1. The van der Waals surface area contributed by atoms with E-state index in [-0.39, 0.29) is 12.8 Å². The van der Waals surface area contributed by atoms with Crippen molar-refractivity contribution in [1.29, 1.82) is 0 Å². The summed E-state index contributed by atoms with van der Waals surface area (Å²) in [5, 5.41) is 2.57. The van der Waals surface area contributed by atoms with E-state index >= 15 is 0 Å². The highest BCUT2D eigenvalue weighted by Gasteiger charge is 2.12. The average Bonchev–Trinajstić information content (AvgIpc) is 3.13. The number of benzene rings is 2. The molecule has 0 saturated heterocycles. The lowest BCUT2D eigenvalue weighted by atomic mass is 10.2. The maximum atomic E-state index is 11.9. The van der Waals surface area contributed by atoms with Gasteiger partial charge in [0.15, 0.2) is 18.1 Å². The monoisotopic (exact) mass is 382 g/mol. The lowest BCUT2D eigenvalue weighted by Gasteiger charge is -2.07. The van der Waals surface area contributed by atoms with Crippen molar-refractivity contribution in [2.45, 2.75) is 12.8 Å². The molecule has 0 aliphatic rings. The van der Waals surface area contributed by atoms with Crippen LogP contribution in [0.4, 0.5) is 5.69 Å². The van der Waals surface area contributed by atoms with E-state index in [1.165, 1.54) is 19.2 Å². The predicted octanol–water partition coefficient (Wildman–Crippen LogP) is 2.73. The number of para-hydroxylation sites is 2. The maximum Gasteiger partial charge on any atom is 0.337 e. The molecular formula is C20H18N2O6. The molecule has 0 bridgehead atoms. The first-order valence-corrected chi connectivity index (χ1v) is 8.53. The van der Waals surface area contributed by atoms with Gasteiger partial charge in [-0.3, -0.25) is 9.59 Å². The Morgan fingerprint density at radius 3 is 2.54 bits per heavy atom. The largest absolute Gasteiger partial charge is 0.465 e. The molecule has 2 aromatic carbocycles. The Hall–Kier alpha value is -3.68. The predicted molar refractivity (Wildman–Crippen MR) is 99.7 cm³/mol. The molecule has 0 fully saturated rings. The Morgan fingerprint density at radius 2 is 1.82 bits per heavy atom. The average molecular weight is 382 g/mol. The molecule has 0 saturated carbocycles. The Morgan fingerprint density at radius 1 is 1.07 bits per heavy atom. The normalized spacial score (nSPS) is 10.5. The summed E-state index contributed by atoms with van der Waals surface area (Å²) in [5.74, 6) is -1.04. The van der Waals surface area contributed by atoms with E-state index in [2.05, 4.69) is 15.0 Å². The van der Waals surface area contributed by atoms with Crippen LogP contribution in [0.25, 0.3) is 11.1 Å². The van der Waals surface area contributed by atoms with Crippen LogP contribution >= 0.6 is 0 Å². The third-order valence-electron chi connectivity index (χ3n) is 3.84. The highest BCUT2D eigenvalue weighted by Crippen LogP contribution is 2.16. The van der Waals surface area contributed by atoms with Crippen molar-refractivity contribution >= 4 is 34.6 Å². The minimum Gasteiger partial charge on any atom is -0.465 e. The van der Waals surface area contributed by atoms with E-state index < -0.39 is 24.5 Å². The molecular weight excluding hydrogens is 364 g/mol. The number of esters is 2. The fourth-order valence-corrected chi connectivity index (χ4v) is 2.46. The van der Waals surface area contributed by atoms with E-state index in [1.54, 1.807) is 18.2 Å². The van der Waals surface area contributed by atoms with Crippen LogP contribution in [0.5, 0.6) is 0 Å². The molecule has 144 valence electrons. The van der Waals surface area contributed by atoms with Crippen LogP contribution in [0.3, 0.4) is 0 Å². The van der Waals surface area contributed by atoms with Gasteiger partial charge in [-0.15, -0.1) is 0 Å². The smallest absolute Gasteiger partial charge is 0.337 e. The molecule has 0 aliphatic heterocycles. The van der Waals surface area contributed by atoms with Gasteiger partial charge in [-0.25, -0.2) is 9.78 Å². The zero-order valence-corrected chi connectivity index (χ0v) is 15.1.